The summed E-state index contributed by atoms with van der Waals surface area (Å²) in [6, 6.07) is 3.33. The molecule has 1 aromatic rings. The van der Waals surface area contributed by atoms with E-state index in [4.69, 9.17) is 5.73 Å². The van der Waals surface area contributed by atoms with Crippen LogP contribution in [0, 0.1) is 11.6 Å². The molecule has 0 aliphatic carbocycles. The second kappa shape index (κ2) is 5.77. The molecular weight excluding hydrogens is 266 g/mol. The van der Waals surface area contributed by atoms with Gasteiger partial charge in [-0.2, -0.15) is 11.8 Å². The normalized spacial score (nSPS) is 21.3. The van der Waals surface area contributed by atoms with Crippen molar-refractivity contribution in [3.8, 4) is 0 Å². The molecule has 1 atom stereocenters. The van der Waals surface area contributed by atoms with E-state index in [1.807, 2.05) is 11.8 Å². The minimum absolute atomic E-state index is 0.121. The third-order valence-corrected chi connectivity index (χ3v) is 4.73. The van der Waals surface area contributed by atoms with Crippen LogP contribution in [0.4, 0.5) is 8.78 Å². The molecule has 1 aliphatic heterocycles. The number of hydrogen-bond acceptors (Lipinski definition) is 3. The number of thioether (sulfide) groups is 1. The Morgan fingerprint density at radius 2 is 2.16 bits per heavy atom. The van der Waals surface area contributed by atoms with Crippen LogP contribution in [0.15, 0.2) is 18.2 Å². The largest absolute Gasteiger partial charge is 0.329 e. The maximum atomic E-state index is 13.9. The van der Waals surface area contributed by atoms with Crippen LogP contribution < -0.4 is 5.73 Å². The molecule has 1 aromatic carbocycles. The molecule has 1 fully saturated rings. The van der Waals surface area contributed by atoms with Crippen LogP contribution in [0.5, 0.6) is 0 Å². The Morgan fingerprint density at radius 3 is 2.79 bits per heavy atom. The molecule has 0 saturated carbocycles. The highest BCUT2D eigenvalue weighted by Gasteiger charge is 2.32. The van der Waals surface area contributed by atoms with Gasteiger partial charge in [-0.25, -0.2) is 8.78 Å². The van der Waals surface area contributed by atoms with E-state index < -0.39 is 5.82 Å². The van der Waals surface area contributed by atoms with Gasteiger partial charge in [-0.1, -0.05) is 0 Å². The van der Waals surface area contributed by atoms with Crippen molar-refractivity contribution in [1.29, 1.82) is 0 Å². The van der Waals surface area contributed by atoms with Crippen molar-refractivity contribution in [2.45, 2.75) is 24.6 Å². The molecule has 5 heteroatoms. The SMILES string of the molecule is CC1(C)CN(C(CN)c2cc(F)ccc2F)CCS1. The van der Waals surface area contributed by atoms with Gasteiger partial charge in [-0.3, -0.25) is 4.90 Å². The standard InChI is InChI=1S/C14H20F2N2S/c1-14(2)9-18(5-6-19-14)13(8-17)11-7-10(15)3-4-12(11)16/h3-4,7,13H,5-6,8-9,17H2,1-2H3. The summed E-state index contributed by atoms with van der Waals surface area (Å²) in [5.74, 6) is 0.189. The average Bonchev–Trinajstić information content (AvgIpc) is 2.33. The lowest BCUT2D eigenvalue weighted by Gasteiger charge is -2.41. The monoisotopic (exact) mass is 286 g/mol. The summed E-state index contributed by atoms with van der Waals surface area (Å²) in [5, 5.41) is 0. The van der Waals surface area contributed by atoms with E-state index in [0.29, 0.717) is 12.1 Å². The number of nitrogens with zero attached hydrogens (tertiary/aromatic N) is 1. The summed E-state index contributed by atoms with van der Waals surface area (Å²) in [6.45, 7) is 6.31. The molecule has 0 bridgehead atoms. The quantitative estimate of drug-likeness (QED) is 0.926. The molecular formula is C14H20F2N2S. The summed E-state index contributed by atoms with van der Waals surface area (Å²) >= 11 is 1.90. The zero-order valence-electron chi connectivity index (χ0n) is 11.3. The number of hydrogen-bond donors (Lipinski definition) is 1. The van der Waals surface area contributed by atoms with Gasteiger partial charge in [0.2, 0.25) is 0 Å². The highest BCUT2D eigenvalue weighted by atomic mass is 32.2. The van der Waals surface area contributed by atoms with Crippen LogP contribution in [0.3, 0.4) is 0 Å². The molecule has 0 aromatic heterocycles. The molecule has 0 spiro atoms. The van der Waals surface area contributed by atoms with Crippen molar-refractivity contribution in [1.82, 2.24) is 4.90 Å². The number of halogens is 2. The minimum Gasteiger partial charge on any atom is -0.329 e. The van der Waals surface area contributed by atoms with E-state index >= 15 is 0 Å². The third kappa shape index (κ3) is 3.46. The molecule has 1 heterocycles. The van der Waals surface area contributed by atoms with Gasteiger partial charge in [0.15, 0.2) is 0 Å². The lowest BCUT2D eigenvalue weighted by atomic mass is 10.0. The smallest absolute Gasteiger partial charge is 0.128 e. The first kappa shape index (κ1) is 14.8. The lowest BCUT2D eigenvalue weighted by Crippen LogP contribution is -2.46. The topological polar surface area (TPSA) is 29.3 Å². The van der Waals surface area contributed by atoms with Crippen LogP contribution in [0.1, 0.15) is 25.5 Å². The van der Waals surface area contributed by atoms with Crippen LogP contribution >= 0.6 is 11.8 Å². The second-order valence-corrected chi connectivity index (χ2v) is 7.30. The Balaban J connectivity index is 2.26. The highest BCUT2D eigenvalue weighted by Crippen LogP contribution is 2.34. The van der Waals surface area contributed by atoms with Gasteiger partial charge in [0.05, 0.1) is 6.04 Å². The van der Waals surface area contributed by atoms with E-state index in [0.717, 1.165) is 24.9 Å². The summed E-state index contributed by atoms with van der Waals surface area (Å²) < 4.78 is 27.4. The van der Waals surface area contributed by atoms with E-state index in [-0.39, 0.29) is 16.6 Å². The fourth-order valence-corrected chi connectivity index (χ4v) is 3.70. The van der Waals surface area contributed by atoms with Gasteiger partial charge in [-0.05, 0) is 32.0 Å². The first-order valence-electron chi connectivity index (χ1n) is 6.46. The van der Waals surface area contributed by atoms with Crippen molar-refractivity contribution >= 4 is 11.8 Å². The Hall–Kier alpha value is -0.650. The Labute approximate surface area is 117 Å². The van der Waals surface area contributed by atoms with E-state index in [1.54, 1.807) is 0 Å². The minimum atomic E-state index is -0.416. The summed E-state index contributed by atoms with van der Waals surface area (Å²) in [4.78, 5) is 2.16. The van der Waals surface area contributed by atoms with E-state index in [9.17, 15) is 8.78 Å². The highest BCUT2D eigenvalue weighted by molar-refractivity contribution is 8.00. The molecule has 2 N–H and O–H groups in total. The Bertz CT molecular complexity index is 451. The first-order valence-corrected chi connectivity index (χ1v) is 7.44. The summed E-state index contributed by atoms with van der Waals surface area (Å²) in [7, 11) is 0. The predicted molar refractivity (Wildman–Crippen MR) is 76.3 cm³/mol. The third-order valence-electron chi connectivity index (χ3n) is 3.44. The molecule has 0 amide bonds. The van der Waals surface area contributed by atoms with Crippen LogP contribution in [-0.4, -0.2) is 35.0 Å². The molecule has 1 saturated heterocycles. The van der Waals surface area contributed by atoms with Gasteiger partial charge in [0.25, 0.3) is 0 Å². The molecule has 2 rings (SSSR count). The summed E-state index contributed by atoms with van der Waals surface area (Å²) in [5.41, 5.74) is 6.17. The van der Waals surface area contributed by atoms with E-state index in [2.05, 4.69) is 18.7 Å². The number of nitrogens with two attached hydrogens (primary N) is 1. The summed E-state index contributed by atoms with van der Waals surface area (Å²) in [6.07, 6.45) is 0. The van der Waals surface area contributed by atoms with Gasteiger partial charge < -0.3 is 5.73 Å². The van der Waals surface area contributed by atoms with Crippen LogP contribution in [-0.2, 0) is 0 Å². The predicted octanol–water partition coefficient (Wildman–Crippen LogP) is 2.79. The molecule has 2 nitrogen and oxygen atoms in total. The molecule has 1 unspecified atom stereocenters. The zero-order chi connectivity index (χ0) is 14.0. The molecule has 0 radical (unpaired) electrons. The molecule has 19 heavy (non-hydrogen) atoms. The van der Waals surface area contributed by atoms with Gasteiger partial charge in [-0.15, -0.1) is 0 Å². The van der Waals surface area contributed by atoms with Crippen molar-refractivity contribution in [2.24, 2.45) is 5.73 Å². The second-order valence-electron chi connectivity index (χ2n) is 5.50. The maximum absolute atomic E-state index is 13.9. The molecule has 1 aliphatic rings. The fourth-order valence-electron chi connectivity index (χ4n) is 2.56. The van der Waals surface area contributed by atoms with Gasteiger partial charge >= 0.3 is 0 Å². The van der Waals surface area contributed by atoms with Crippen molar-refractivity contribution in [3.05, 3.63) is 35.4 Å². The van der Waals surface area contributed by atoms with Crippen molar-refractivity contribution in [3.63, 3.8) is 0 Å². The van der Waals surface area contributed by atoms with Gasteiger partial charge in [0, 0.05) is 35.7 Å². The van der Waals surface area contributed by atoms with Crippen LogP contribution in [0.25, 0.3) is 0 Å². The number of rotatable bonds is 3. The van der Waals surface area contributed by atoms with Gasteiger partial charge in [0.1, 0.15) is 11.6 Å². The Kier molecular flexibility index (Phi) is 4.48. The number of benzene rings is 1. The maximum Gasteiger partial charge on any atom is 0.128 e. The molecule has 106 valence electrons. The van der Waals surface area contributed by atoms with Crippen molar-refractivity contribution in [2.75, 3.05) is 25.4 Å². The first-order chi connectivity index (χ1) is 8.93. The lowest BCUT2D eigenvalue weighted by molar-refractivity contribution is 0.188. The Morgan fingerprint density at radius 1 is 1.42 bits per heavy atom. The van der Waals surface area contributed by atoms with Crippen LogP contribution in [0.2, 0.25) is 0 Å². The zero-order valence-corrected chi connectivity index (χ0v) is 12.1. The van der Waals surface area contributed by atoms with E-state index in [1.165, 1.54) is 12.1 Å². The van der Waals surface area contributed by atoms with Crippen molar-refractivity contribution < 1.29 is 8.78 Å². The fraction of sp³-hybridized carbons (Fsp3) is 0.571. The average molecular weight is 286 g/mol.